The first-order valence-electron chi connectivity index (χ1n) is 7.39. The quantitative estimate of drug-likeness (QED) is 0.379. The molecule has 3 rings (SSSR count). The summed E-state index contributed by atoms with van der Waals surface area (Å²) in [7, 11) is 0. The van der Waals surface area contributed by atoms with Crippen LogP contribution in [-0.2, 0) is 0 Å². The van der Waals surface area contributed by atoms with Crippen molar-refractivity contribution in [3.63, 3.8) is 0 Å². The number of aliphatic hydroxyl groups is 3. The molecule has 0 spiro atoms. The van der Waals surface area contributed by atoms with Gasteiger partial charge in [0, 0.05) is 36.7 Å². The van der Waals surface area contributed by atoms with Crippen LogP contribution >= 0.6 is 0 Å². The number of aromatic amines is 1. The van der Waals surface area contributed by atoms with Crippen LogP contribution in [0.5, 0.6) is 0 Å². The Morgan fingerprint density at radius 3 is 2.77 bits per heavy atom. The molecule has 0 aliphatic heterocycles. The summed E-state index contributed by atoms with van der Waals surface area (Å²) in [5.74, 6) is 5.90. The molecule has 1 fully saturated rings. The SMILES string of the molecule is CCN(N)c1ncnc2c([C@@H]3C[C@H](CO)[C@@H](O)[C@H]3O)c[nH]c12. The number of hydrogen-bond acceptors (Lipinski definition) is 7. The van der Waals surface area contributed by atoms with E-state index in [0.29, 0.717) is 29.8 Å². The van der Waals surface area contributed by atoms with Gasteiger partial charge in [0.2, 0.25) is 0 Å². The van der Waals surface area contributed by atoms with Gasteiger partial charge < -0.3 is 20.3 Å². The average Bonchev–Trinajstić information content (AvgIpc) is 3.08. The number of H-pyrrole nitrogens is 1. The Morgan fingerprint density at radius 1 is 1.36 bits per heavy atom. The van der Waals surface area contributed by atoms with Gasteiger partial charge in [0.1, 0.15) is 11.8 Å². The first kappa shape index (κ1) is 15.2. The molecular formula is C14H21N5O3. The summed E-state index contributed by atoms with van der Waals surface area (Å²) in [6, 6.07) is 0. The molecule has 2 heterocycles. The maximum Gasteiger partial charge on any atom is 0.170 e. The van der Waals surface area contributed by atoms with Crippen molar-refractivity contribution in [1.82, 2.24) is 15.0 Å². The lowest BCUT2D eigenvalue weighted by Crippen LogP contribution is -2.31. The van der Waals surface area contributed by atoms with Gasteiger partial charge in [-0.05, 0) is 13.3 Å². The van der Waals surface area contributed by atoms with E-state index in [4.69, 9.17) is 5.84 Å². The van der Waals surface area contributed by atoms with E-state index in [1.165, 1.54) is 11.3 Å². The topological polar surface area (TPSA) is 132 Å². The number of rotatable bonds is 4. The summed E-state index contributed by atoms with van der Waals surface area (Å²) in [5.41, 5.74) is 2.20. The smallest absolute Gasteiger partial charge is 0.170 e. The van der Waals surface area contributed by atoms with Crippen LogP contribution in [-0.4, -0.2) is 55.6 Å². The molecule has 2 aromatic rings. The molecule has 0 unspecified atom stereocenters. The highest BCUT2D eigenvalue weighted by Crippen LogP contribution is 2.41. The summed E-state index contributed by atoms with van der Waals surface area (Å²) in [5, 5.41) is 31.1. The van der Waals surface area contributed by atoms with E-state index in [-0.39, 0.29) is 18.4 Å². The Bertz CT molecular complexity index is 661. The molecule has 4 atom stereocenters. The van der Waals surface area contributed by atoms with E-state index in [2.05, 4.69) is 15.0 Å². The normalized spacial score (nSPS) is 28.4. The zero-order valence-corrected chi connectivity index (χ0v) is 12.3. The average molecular weight is 307 g/mol. The van der Waals surface area contributed by atoms with Crippen LogP contribution in [0.2, 0.25) is 0 Å². The fourth-order valence-corrected chi connectivity index (χ4v) is 3.21. The minimum absolute atomic E-state index is 0.149. The number of hydrazine groups is 1. The van der Waals surface area contributed by atoms with E-state index in [1.807, 2.05) is 6.92 Å². The van der Waals surface area contributed by atoms with Crippen LogP contribution in [0.3, 0.4) is 0 Å². The molecule has 1 aliphatic rings. The van der Waals surface area contributed by atoms with Crippen molar-refractivity contribution in [2.24, 2.45) is 11.8 Å². The summed E-state index contributed by atoms with van der Waals surface area (Å²) < 4.78 is 0. The highest BCUT2D eigenvalue weighted by atomic mass is 16.3. The number of nitrogens with two attached hydrogens (primary N) is 1. The minimum atomic E-state index is -0.928. The lowest BCUT2D eigenvalue weighted by molar-refractivity contribution is 0.00241. The van der Waals surface area contributed by atoms with Crippen LogP contribution in [0.25, 0.3) is 11.0 Å². The number of aromatic nitrogens is 3. The summed E-state index contributed by atoms with van der Waals surface area (Å²) in [6.45, 7) is 2.36. The molecule has 0 aromatic carbocycles. The molecule has 0 amide bonds. The number of nitrogens with zero attached hydrogens (tertiary/aromatic N) is 3. The van der Waals surface area contributed by atoms with Crippen molar-refractivity contribution in [2.75, 3.05) is 18.2 Å². The second kappa shape index (κ2) is 5.81. The molecule has 120 valence electrons. The number of anilines is 1. The predicted octanol–water partition coefficient (Wildman–Crippen LogP) is -0.525. The van der Waals surface area contributed by atoms with E-state index in [1.54, 1.807) is 6.20 Å². The Balaban J connectivity index is 2.03. The Hall–Kier alpha value is -1.74. The fourth-order valence-electron chi connectivity index (χ4n) is 3.21. The summed E-state index contributed by atoms with van der Waals surface area (Å²) in [6.07, 6.45) is 1.86. The van der Waals surface area contributed by atoms with Gasteiger partial charge in [-0.2, -0.15) is 0 Å². The largest absolute Gasteiger partial charge is 0.396 e. The standard InChI is InChI=1S/C14H21N5O3/c1-2-19(15)14-11-10(17-6-18-14)9(4-16-11)8-3-7(5-20)12(21)13(8)22/h4,6-8,12-13,16,20-22H,2-3,5,15H2,1H3/t7-,8+,12-,13+/m1/s1. The van der Waals surface area contributed by atoms with Gasteiger partial charge in [0.05, 0.1) is 17.7 Å². The number of aliphatic hydroxyl groups excluding tert-OH is 3. The Morgan fingerprint density at radius 2 is 2.14 bits per heavy atom. The van der Waals surface area contributed by atoms with Crippen molar-refractivity contribution < 1.29 is 15.3 Å². The monoisotopic (exact) mass is 307 g/mol. The van der Waals surface area contributed by atoms with E-state index in [9.17, 15) is 15.3 Å². The van der Waals surface area contributed by atoms with Crippen LogP contribution in [0.15, 0.2) is 12.5 Å². The van der Waals surface area contributed by atoms with Gasteiger partial charge in [-0.25, -0.2) is 15.8 Å². The molecule has 0 saturated heterocycles. The molecule has 1 saturated carbocycles. The highest BCUT2D eigenvalue weighted by molar-refractivity contribution is 5.88. The molecular weight excluding hydrogens is 286 g/mol. The van der Waals surface area contributed by atoms with Gasteiger partial charge in [0.15, 0.2) is 5.82 Å². The van der Waals surface area contributed by atoms with Crippen molar-refractivity contribution in [1.29, 1.82) is 0 Å². The number of hydrogen-bond donors (Lipinski definition) is 5. The van der Waals surface area contributed by atoms with Crippen molar-refractivity contribution in [3.05, 3.63) is 18.1 Å². The lowest BCUT2D eigenvalue weighted by Gasteiger charge is -2.17. The molecule has 0 radical (unpaired) electrons. The minimum Gasteiger partial charge on any atom is -0.396 e. The predicted molar refractivity (Wildman–Crippen MR) is 81.0 cm³/mol. The molecule has 1 aliphatic carbocycles. The van der Waals surface area contributed by atoms with Crippen molar-refractivity contribution in [2.45, 2.75) is 31.5 Å². The van der Waals surface area contributed by atoms with E-state index in [0.717, 1.165) is 5.56 Å². The molecule has 22 heavy (non-hydrogen) atoms. The summed E-state index contributed by atoms with van der Waals surface area (Å²) in [4.78, 5) is 11.6. The van der Waals surface area contributed by atoms with Gasteiger partial charge in [-0.1, -0.05) is 0 Å². The maximum absolute atomic E-state index is 10.3. The second-order valence-electron chi connectivity index (χ2n) is 5.72. The highest BCUT2D eigenvalue weighted by Gasteiger charge is 2.42. The fraction of sp³-hybridized carbons (Fsp3) is 0.571. The molecule has 8 heteroatoms. The third kappa shape index (κ3) is 2.24. The van der Waals surface area contributed by atoms with Gasteiger partial charge in [-0.15, -0.1) is 0 Å². The third-order valence-electron chi connectivity index (χ3n) is 4.52. The lowest BCUT2D eigenvalue weighted by atomic mass is 9.96. The first-order chi connectivity index (χ1) is 10.6. The van der Waals surface area contributed by atoms with Gasteiger partial charge in [0.25, 0.3) is 0 Å². The Kier molecular flexibility index (Phi) is 4.00. The van der Waals surface area contributed by atoms with Crippen LogP contribution < -0.4 is 10.9 Å². The molecule has 6 N–H and O–H groups in total. The van der Waals surface area contributed by atoms with E-state index < -0.39 is 12.2 Å². The summed E-state index contributed by atoms with van der Waals surface area (Å²) >= 11 is 0. The zero-order valence-electron chi connectivity index (χ0n) is 12.3. The van der Waals surface area contributed by atoms with Gasteiger partial charge >= 0.3 is 0 Å². The van der Waals surface area contributed by atoms with Crippen LogP contribution in [0.4, 0.5) is 5.82 Å². The van der Waals surface area contributed by atoms with Crippen LogP contribution in [0, 0.1) is 5.92 Å². The Labute approximate surface area is 127 Å². The van der Waals surface area contributed by atoms with Crippen molar-refractivity contribution >= 4 is 16.9 Å². The van der Waals surface area contributed by atoms with Crippen molar-refractivity contribution in [3.8, 4) is 0 Å². The molecule has 2 aromatic heterocycles. The van der Waals surface area contributed by atoms with Crippen LogP contribution in [0.1, 0.15) is 24.8 Å². The number of fused-ring (bicyclic) bond motifs is 1. The van der Waals surface area contributed by atoms with Gasteiger partial charge in [-0.3, -0.25) is 5.01 Å². The maximum atomic E-state index is 10.3. The molecule has 0 bridgehead atoms. The third-order valence-corrected chi connectivity index (χ3v) is 4.52. The zero-order chi connectivity index (χ0) is 15.9. The first-order valence-corrected chi connectivity index (χ1v) is 7.39. The molecule has 8 nitrogen and oxygen atoms in total. The number of nitrogens with one attached hydrogen (secondary N) is 1. The van der Waals surface area contributed by atoms with E-state index >= 15 is 0 Å². The second-order valence-corrected chi connectivity index (χ2v) is 5.72.